The molecule has 0 heterocycles. The predicted molar refractivity (Wildman–Crippen MR) is 123 cm³/mol. The third kappa shape index (κ3) is 3.89. The summed E-state index contributed by atoms with van der Waals surface area (Å²) in [6, 6.07) is 32.2. The maximum atomic E-state index is 11.2. The summed E-state index contributed by atoms with van der Waals surface area (Å²) in [7, 11) is -2.45. The van der Waals surface area contributed by atoms with E-state index in [0.717, 1.165) is 0 Å². The molecular weight excluding hydrogens is 356 g/mol. The Hall–Kier alpha value is -2.42. The lowest BCUT2D eigenvalue weighted by Crippen LogP contribution is -2.66. The van der Waals surface area contributed by atoms with Crippen molar-refractivity contribution in [3.05, 3.63) is 103 Å². The first kappa shape index (κ1) is 20.3. The molecule has 3 aromatic carbocycles. The van der Waals surface area contributed by atoms with E-state index in [-0.39, 0.29) is 5.41 Å². The molecule has 3 aromatic rings. The maximum Gasteiger partial charge on any atom is 0.172 e. The van der Waals surface area contributed by atoms with Crippen molar-refractivity contribution in [3.63, 3.8) is 0 Å². The van der Waals surface area contributed by atoms with Crippen LogP contribution in [0.5, 0.6) is 0 Å². The van der Waals surface area contributed by atoms with Gasteiger partial charge in [0.2, 0.25) is 0 Å². The molecule has 0 aliphatic carbocycles. The summed E-state index contributed by atoms with van der Waals surface area (Å²) in [5.74, 6) is 0. The van der Waals surface area contributed by atoms with Crippen LogP contribution in [0.1, 0.15) is 27.7 Å². The van der Waals surface area contributed by atoms with Gasteiger partial charge in [0, 0.05) is 0 Å². The van der Waals surface area contributed by atoms with Crippen LogP contribution in [0.3, 0.4) is 0 Å². The molecule has 0 saturated heterocycles. The van der Waals surface area contributed by atoms with Crippen molar-refractivity contribution in [2.24, 2.45) is 5.41 Å². The van der Waals surface area contributed by atoms with Gasteiger partial charge in [-0.1, -0.05) is 124 Å². The van der Waals surface area contributed by atoms with Gasteiger partial charge in [0.15, 0.2) is 8.07 Å². The first-order chi connectivity index (χ1) is 13.3. The van der Waals surface area contributed by atoms with Gasteiger partial charge in [-0.15, -0.1) is 0 Å². The number of aliphatic hydroxyl groups is 1. The van der Waals surface area contributed by atoms with Crippen LogP contribution >= 0.6 is 0 Å². The van der Waals surface area contributed by atoms with Gasteiger partial charge in [0.25, 0.3) is 0 Å². The van der Waals surface area contributed by atoms with E-state index in [1.807, 2.05) is 13.0 Å². The van der Waals surface area contributed by atoms with E-state index in [4.69, 9.17) is 0 Å². The van der Waals surface area contributed by atoms with Crippen LogP contribution in [0.25, 0.3) is 0 Å². The molecule has 144 valence electrons. The Balaban J connectivity index is 2.32. The molecule has 0 radical (unpaired) electrons. The van der Waals surface area contributed by atoms with Gasteiger partial charge < -0.3 is 5.11 Å². The Morgan fingerprint density at radius 3 is 1.21 bits per heavy atom. The van der Waals surface area contributed by atoms with E-state index in [1.165, 1.54) is 15.6 Å². The minimum Gasteiger partial charge on any atom is -0.386 e. The van der Waals surface area contributed by atoms with Crippen molar-refractivity contribution in [2.45, 2.75) is 33.3 Å². The van der Waals surface area contributed by atoms with Crippen molar-refractivity contribution in [2.75, 3.05) is 0 Å². The molecule has 1 unspecified atom stereocenters. The molecule has 0 aromatic heterocycles. The summed E-state index contributed by atoms with van der Waals surface area (Å²) in [5.41, 5.74) is 1.15. The topological polar surface area (TPSA) is 20.2 Å². The van der Waals surface area contributed by atoms with Crippen molar-refractivity contribution in [1.29, 1.82) is 0 Å². The third-order valence-corrected chi connectivity index (χ3v) is 10.3. The molecule has 3 rings (SSSR count). The van der Waals surface area contributed by atoms with Crippen LogP contribution in [-0.4, -0.2) is 18.8 Å². The average molecular weight is 387 g/mol. The summed E-state index contributed by atoms with van der Waals surface area (Å²) in [6.07, 6.45) is 2.03. The molecule has 1 N–H and O–H groups in total. The Kier molecular flexibility index (Phi) is 5.73. The summed E-state index contributed by atoms with van der Waals surface area (Å²) < 4.78 is 0. The smallest absolute Gasteiger partial charge is 0.172 e. The quantitative estimate of drug-likeness (QED) is 0.518. The fraction of sp³-hybridized carbons (Fsp3) is 0.231. The SMILES string of the molecule is CC(C)(C)C(C)(O)/C=C/[Si](c1ccccc1)(c1ccccc1)c1ccccc1. The summed E-state index contributed by atoms with van der Waals surface area (Å²) in [5, 5.41) is 15.1. The lowest BCUT2D eigenvalue weighted by atomic mass is 9.78. The van der Waals surface area contributed by atoms with Crippen LogP contribution in [0.4, 0.5) is 0 Å². The highest BCUT2D eigenvalue weighted by atomic mass is 28.3. The number of rotatable bonds is 5. The van der Waals surface area contributed by atoms with Crippen LogP contribution in [0.15, 0.2) is 103 Å². The molecule has 0 aliphatic heterocycles. The first-order valence-corrected chi connectivity index (χ1v) is 11.9. The molecule has 0 aliphatic rings. The van der Waals surface area contributed by atoms with Crippen LogP contribution in [0, 0.1) is 5.41 Å². The number of benzene rings is 3. The van der Waals surface area contributed by atoms with Crippen LogP contribution in [0.2, 0.25) is 0 Å². The van der Waals surface area contributed by atoms with Crippen LogP contribution in [-0.2, 0) is 0 Å². The highest BCUT2D eigenvalue weighted by Gasteiger charge is 2.39. The highest BCUT2D eigenvalue weighted by Crippen LogP contribution is 2.31. The molecule has 1 nitrogen and oxygen atoms in total. The summed E-state index contributed by atoms with van der Waals surface area (Å²) >= 11 is 0. The zero-order valence-corrected chi connectivity index (χ0v) is 18.3. The summed E-state index contributed by atoms with van der Waals surface area (Å²) in [6.45, 7) is 8.14. The van der Waals surface area contributed by atoms with Gasteiger partial charge in [0.05, 0.1) is 5.60 Å². The van der Waals surface area contributed by atoms with Gasteiger partial charge in [-0.05, 0) is 27.9 Å². The molecule has 1 atom stereocenters. The monoisotopic (exact) mass is 386 g/mol. The van der Waals surface area contributed by atoms with E-state index in [0.29, 0.717) is 0 Å². The highest BCUT2D eigenvalue weighted by molar-refractivity contribution is 7.14. The molecule has 0 spiro atoms. The Labute approximate surface area is 170 Å². The van der Waals surface area contributed by atoms with Crippen molar-refractivity contribution >= 4 is 23.6 Å². The van der Waals surface area contributed by atoms with Gasteiger partial charge in [-0.25, -0.2) is 0 Å². The van der Waals surface area contributed by atoms with Crippen molar-refractivity contribution < 1.29 is 5.11 Å². The maximum absolute atomic E-state index is 11.2. The fourth-order valence-electron chi connectivity index (χ4n) is 3.43. The third-order valence-electron chi connectivity index (χ3n) is 5.86. The van der Waals surface area contributed by atoms with Crippen LogP contribution < -0.4 is 15.6 Å². The predicted octanol–water partition coefficient (Wildman–Crippen LogP) is 4.05. The van der Waals surface area contributed by atoms with E-state index in [9.17, 15) is 5.11 Å². The minimum absolute atomic E-state index is 0.256. The van der Waals surface area contributed by atoms with Gasteiger partial charge in [0.1, 0.15) is 0 Å². The molecule has 0 bridgehead atoms. The standard InChI is InChI=1S/C26H30OSi/c1-25(2,3)26(4,27)20-21-28(22-14-8-5-9-15-22,23-16-10-6-11-17-23)24-18-12-7-13-19-24/h5-21,27H,1-4H3/b21-20+. The Morgan fingerprint density at radius 1 is 0.607 bits per heavy atom. The number of hydrogen-bond donors (Lipinski definition) is 1. The normalized spacial score (nSPS) is 14.8. The first-order valence-electron chi connectivity index (χ1n) is 9.87. The zero-order chi connectivity index (χ0) is 20.3. The van der Waals surface area contributed by atoms with E-state index < -0.39 is 13.7 Å². The second kappa shape index (κ2) is 7.90. The lowest BCUT2D eigenvalue weighted by Gasteiger charge is -2.37. The lowest BCUT2D eigenvalue weighted by molar-refractivity contribution is 0.00375. The van der Waals surface area contributed by atoms with E-state index in [1.54, 1.807) is 0 Å². The summed E-state index contributed by atoms with van der Waals surface area (Å²) in [4.78, 5) is 0. The van der Waals surface area contributed by atoms with E-state index in [2.05, 4.69) is 117 Å². The Morgan fingerprint density at radius 2 is 0.929 bits per heavy atom. The van der Waals surface area contributed by atoms with E-state index >= 15 is 0 Å². The molecule has 0 fully saturated rings. The largest absolute Gasteiger partial charge is 0.386 e. The second-order valence-electron chi connectivity index (χ2n) is 8.64. The van der Waals surface area contributed by atoms with Gasteiger partial charge >= 0.3 is 0 Å². The van der Waals surface area contributed by atoms with Gasteiger partial charge in [-0.2, -0.15) is 0 Å². The Bertz CT molecular complexity index is 810. The van der Waals surface area contributed by atoms with Gasteiger partial charge in [-0.3, -0.25) is 0 Å². The fourth-order valence-corrected chi connectivity index (χ4v) is 7.74. The molecule has 28 heavy (non-hydrogen) atoms. The molecule has 0 amide bonds. The number of hydrogen-bond acceptors (Lipinski definition) is 1. The molecule has 0 saturated carbocycles. The average Bonchev–Trinajstić information content (AvgIpc) is 2.70. The minimum atomic E-state index is -2.45. The van der Waals surface area contributed by atoms with Crippen molar-refractivity contribution in [3.8, 4) is 0 Å². The van der Waals surface area contributed by atoms with Crippen molar-refractivity contribution in [1.82, 2.24) is 0 Å². The second-order valence-corrected chi connectivity index (χ2v) is 12.3. The molecule has 2 heteroatoms. The zero-order valence-electron chi connectivity index (χ0n) is 17.3. The molecular formula is C26H30OSi.